The van der Waals surface area contributed by atoms with Crippen LogP contribution < -0.4 is 19.5 Å². The molecule has 0 bridgehead atoms. The van der Waals surface area contributed by atoms with Crippen molar-refractivity contribution in [3.05, 3.63) is 65.2 Å². The molecule has 4 rings (SSSR count). The van der Waals surface area contributed by atoms with Crippen molar-refractivity contribution < 1.29 is 28.5 Å². The van der Waals surface area contributed by atoms with Gasteiger partial charge >= 0.3 is 12.0 Å². The van der Waals surface area contributed by atoms with Crippen molar-refractivity contribution in [3.63, 3.8) is 0 Å². The van der Waals surface area contributed by atoms with Crippen LogP contribution in [0.2, 0.25) is 0 Å². The number of hydrogen-bond acceptors (Lipinski definition) is 7. The minimum absolute atomic E-state index is 0.293. The summed E-state index contributed by atoms with van der Waals surface area (Å²) in [6.07, 6.45) is 2.24. The number of nitrogens with one attached hydrogen (secondary N) is 2. The number of ether oxygens (including phenoxy) is 4. The van der Waals surface area contributed by atoms with Crippen LogP contribution >= 0.6 is 0 Å². The van der Waals surface area contributed by atoms with E-state index in [1.54, 1.807) is 43.6 Å². The van der Waals surface area contributed by atoms with Crippen molar-refractivity contribution in [2.45, 2.75) is 12.5 Å². The van der Waals surface area contributed by atoms with Gasteiger partial charge in [0.1, 0.15) is 23.3 Å². The molecule has 1 aliphatic heterocycles. The summed E-state index contributed by atoms with van der Waals surface area (Å²) < 4.78 is 21.1. The van der Waals surface area contributed by atoms with Gasteiger partial charge in [-0.25, -0.2) is 14.6 Å². The van der Waals surface area contributed by atoms with Crippen LogP contribution in [0.25, 0.3) is 0 Å². The van der Waals surface area contributed by atoms with E-state index in [1.807, 2.05) is 12.1 Å². The van der Waals surface area contributed by atoms with E-state index >= 15 is 0 Å². The first-order valence-electron chi connectivity index (χ1n) is 10.6. The number of urea groups is 1. The molecule has 0 radical (unpaired) electrons. The molecule has 0 saturated heterocycles. The first-order chi connectivity index (χ1) is 16.5. The molecule has 2 amide bonds. The number of esters is 1. The number of H-pyrrole nitrogens is 1. The third-order valence-electron chi connectivity index (χ3n) is 5.74. The Bertz CT molecular complexity index is 1190. The molecule has 0 unspecified atom stereocenters. The second kappa shape index (κ2) is 9.74. The van der Waals surface area contributed by atoms with E-state index in [-0.39, 0.29) is 6.03 Å². The van der Waals surface area contributed by atoms with Gasteiger partial charge in [-0.15, -0.1) is 0 Å². The van der Waals surface area contributed by atoms with E-state index < -0.39 is 12.0 Å². The van der Waals surface area contributed by atoms with Crippen molar-refractivity contribution in [2.24, 2.45) is 0 Å². The van der Waals surface area contributed by atoms with Crippen molar-refractivity contribution in [2.75, 3.05) is 40.3 Å². The largest absolute Gasteiger partial charge is 0.497 e. The maximum Gasteiger partial charge on any atom is 0.337 e. The Kier molecular flexibility index (Phi) is 6.58. The summed E-state index contributed by atoms with van der Waals surface area (Å²) in [4.78, 5) is 34.9. The second-order valence-electron chi connectivity index (χ2n) is 7.60. The maximum atomic E-state index is 13.6. The zero-order valence-corrected chi connectivity index (χ0v) is 19.4. The van der Waals surface area contributed by atoms with E-state index in [0.717, 1.165) is 17.0 Å². The fourth-order valence-corrected chi connectivity index (χ4v) is 4.06. The van der Waals surface area contributed by atoms with Crippen molar-refractivity contribution in [1.82, 2.24) is 14.9 Å². The number of carbonyl (C=O) groups excluding carboxylic acids is 2. The van der Waals surface area contributed by atoms with Crippen LogP contribution in [0.4, 0.5) is 10.5 Å². The summed E-state index contributed by atoms with van der Waals surface area (Å²) >= 11 is 0. The zero-order valence-electron chi connectivity index (χ0n) is 19.4. The summed E-state index contributed by atoms with van der Waals surface area (Å²) in [7, 11) is 5.94. The predicted octanol–water partition coefficient (Wildman–Crippen LogP) is 3.40. The van der Waals surface area contributed by atoms with Crippen LogP contribution in [0.5, 0.6) is 17.2 Å². The third-order valence-corrected chi connectivity index (χ3v) is 5.74. The number of methoxy groups -OCH3 is 4. The van der Waals surface area contributed by atoms with Gasteiger partial charge in [0.15, 0.2) is 0 Å². The molecule has 0 aliphatic carbocycles. The molecular weight excluding hydrogens is 440 g/mol. The highest BCUT2D eigenvalue weighted by atomic mass is 16.5. The normalized spacial score (nSPS) is 14.7. The fraction of sp³-hybridized carbons (Fsp3) is 0.292. The average molecular weight is 466 g/mol. The Morgan fingerprint density at radius 3 is 2.41 bits per heavy atom. The summed E-state index contributed by atoms with van der Waals surface area (Å²) in [6, 6.07) is 9.32. The number of rotatable bonds is 6. The molecular formula is C24H26N4O6. The Labute approximate surface area is 196 Å². The zero-order chi connectivity index (χ0) is 24.2. The first kappa shape index (κ1) is 23.0. The molecule has 1 aliphatic rings. The van der Waals surface area contributed by atoms with Gasteiger partial charge in [-0.3, -0.25) is 0 Å². The molecule has 10 heteroatoms. The van der Waals surface area contributed by atoms with E-state index in [2.05, 4.69) is 15.3 Å². The minimum atomic E-state index is -0.515. The number of amides is 2. The predicted molar refractivity (Wildman–Crippen MR) is 124 cm³/mol. The number of anilines is 1. The number of nitrogens with zero attached hydrogens (tertiary/aromatic N) is 2. The molecule has 178 valence electrons. The van der Waals surface area contributed by atoms with E-state index in [9.17, 15) is 9.59 Å². The first-order valence-corrected chi connectivity index (χ1v) is 10.6. The van der Waals surface area contributed by atoms with Crippen molar-refractivity contribution in [1.29, 1.82) is 0 Å². The fourth-order valence-electron chi connectivity index (χ4n) is 4.06. The molecule has 3 aromatic rings. The topological polar surface area (TPSA) is 115 Å². The monoisotopic (exact) mass is 466 g/mol. The molecule has 1 aromatic heterocycles. The lowest BCUT2D eigenvalue weighted by atomic mass is 9.95. The van der Waals surface area contributed by atoms with Crippen LogP contribution in [0.1, 0.15) is 33.4 Å². The van der Waals surface area contributed by atoms with E-state index in [0.29, 0.717) is 41.5 Å². The van der Waals surface area contributed by atoms with Gasteiger partial charge in [-0.05, 0) is 35.9 Å². The van der Waals surface area contributed by atoms with Crippen molar-refractivity contribution >= 4 is 17.7 Å². The summed E-state index contributed by atoms with van der Waals surface area (Å²) in [5.41, 5.74) is 3.13. The van der Waals surface area contributed by atoms with Crippen LogP contribution in [0.15, 0.2) is 42.7 Å². The highest BCUT2D eigenvalue weighted by Crippen LogP contribution is 2.37. The molecule has 2 heterocycles. The number of aromatic amines is 1. The summed E-state index contributed by atoms with van der Waals surface area (Å²) in [6.45, 7) is 0.435. The van der Waals surface area contributed by atoms with Gasteiger partial charge in [0, 0.05) is 24.7 Å². The summed E-state index contributed by atoms with van der Waals surface area (Å²) in [5.74, 6) is 1.10. The van der Waals surface area contributed by atoms with Gasteiger partial charge in [-0.2, -0.15) is 0 Å². The number of carbonyl (C=O) groups is 2. The average Bonchev–Trinajstić information content (AvgIpc) is 3.36. The Morgan fingerprint density at radius 2 is 1.76 bits per heavy atom. The Balaban J connectivity index is 1.72. The lowest BCUT2D eigenvalue weighted by molar-refractivity contribution is 0.0600. The van der Waals surface area contributed by atoms with Crippen LogP contribution in [0.3, 0.4) is 0 Å². The Morgan fingerprint density at radius 1 is 1.03 bits per heavy atom. The summed E-state index contributed by atoms with van der Waals surface area (Å²) in [5, 5.41) is 2.88. The lowest BCUT2D eigenvalue weighted by Gasteiger charge is -2.35. The van der Waals surface area contributed by atoms with E-state index in [4.69, 9.17) is 18.9 Å². The van der Waals surface area contributed by atoms with Gasteiger partial charge < -0.3 is 34.1 Å². The second-order valence-corrected chi connectivity index (χ2v) is 7.60. The van der Waals surface area contributed by atoms with E-state index in [1.165, 1.54) is 20.3 Å². The number of hydrogen-bond donors (Lipinski definition) is 2. The van der Waals surface area contributed by atoms with Gasteiger partial charge in [0.2, 0.25) is 0 Å². The molecule has 34 heavy (non-hydrogen) atoms. The standard InChI is InChI=1S/C24H26N4O6/c1-31-16-9-15(10-17(12-16)32-2)22-21-18(25-13-26-21)7-8-28(22)24(30)27-19-11-14(23(29)34-4)5-6-20(19)33-3/h5-6,9-13,22H,7-8H2,1-4H3,(H,25,26)(H,27,30)/t22-/m0/s1. The smallest absolute Gasteiger partial charge is 0.337 e. The molecule has 2 aromatic carbocycles. The van der Waals surface area contributed by atoms with Gasteiger partial charge in [-0.1, -0.05) is 0 Å². The molecule has 0 spiro atoms. The number of imidazole rings is 1. The molecule has 0 saturated carbocycles. The highest BCUT2D eigenvalue weighted by molar-refractivity contribution is 5.95. The molecule has 0 fully saturated rings. The third kappa shape index (κ3) is 4.34. The number of fused-ring (bicyclic) bond motifs is 1. The highest BCUT2D eigenvalue weighted by Gasteiger charge is 2.35. The van der Waals surface area contributed by atoms with Crippen molar-refractivity contribution in [3.8, 4) is 17.2 Å². The van der Waals surface area contributed by atoms with Crippen LogP contribution in [-0.2, 0) is 11.2 Å². The number of aromatic nitrogens is 2. The molecule has 10 nitrogen and oxygen atoms in total. The SMILES string of the molecule is COC(=O)c1ccc(OC)c(NC(=O)N2CCc3[nH]cnc3[C@@H]2c2cc(OC)cc(OC)c2)c1. The molecule has 2 N–H and O–H groups in total. The lowest BCUT2D eigenvalue weighted by Crippen LogP contribution is -2.43. The Hall–Kier alpha value is -4.21. The van der Waals surface area contributed by atoms with Crippen LogP contribution in [0, 0.1) is 0 Å². The van der Waals surface area contributed by atoms with Crippen LogP contribution in [-0.4, -0.2) is 61.9 Å². The van der Waals surface area contributed by atoms with Gasteiger partial charge in [0.05, 0.1) is 51.7 Å². The molecule has 1 atom stereocenters. The minimum Gasteiger partial charge on any atom is -0.497 e. The maximum absolute atomic E-state index is 13.6. The quantitative estimate of drug-likeness (QED) is 0.535. The number of benzene rings is 2. The van der Waals surface area contributed by atoms with Gasteiger partial charge in [0.25, 0.3) is 0 Å².